The van der Waals surface area contributed by atoms with Crippen molar-refractivity contribution >= 4 is 46.1 Å². The second kappa shape index (κ2) is 10.4. The zero-order valence-corrected chi connectivity index (χ0v) is 19.3. The van der Waals surface area contributed by atoms with Crippen LogP contribution in [0.15, 0.2) is 54.7 Å². The fourth-order valence-electron chi connectivity index (χ4n) is 4.09. The van der Waals surface area contributed by atoms with Crippen LogP contribution < -0.4 is 11.1 Å². The van der Waals surface area contributed by atoms with Crippen LogP contribution in [-0.4, -0.2) is 81.6 Å². The number of nitrogens with one attached hydrogen (secondary N) is 2. The van der Waals surface area contributed by atoms with Gasteiger partial charge in [-0.15, -0.1) is 0 Å². The maximum Gasteiger partial charge on any atom is 0.305 e. The van der Waals surface area contributed by atoms with E-state index in [1.54, 1.807) is 47.4 Å². The second-order valence-electron chi connectivity index (χ2n) is 8.40. The van der Waals surface area contributed by atoms with Gasteiger partial charge in [0.2, 0.25) is 5.91 Å². The van der Waals surface area contributed by atoms with Gasteiger partial charge in [-0.2, -0.15) is 0 Å². The minimum Gasteiger partial charge on any atom is -0.481 e. The van der Waals surface area contributed by atoms with Crippen LogP contribution in [0.1, 0.15) is 27.1 Å². The fourth-order valence-corrected chi connectivity index (χ4v) is 4.09. The quantitative estimate of drug-likeness (QED) is 0.283. The monoisotopic (exact) mass is 491 g/mol. The van der Waals surface area contributed by atoms with Crippen LogP contribution in [-0.2, 0) is 14.4 Å². The number of amides is 3. The van der Waals surface area contributed by atoms with E-state index in [2.05, 4.69) is 10.3 Å². The molecule has 4 rings (SSSR count). The van der Waals surface area contributed by atoms with Gasteiger partial charge in [0.1, 0.15) is 0 Å². The van der Waals surface area contributed by atoms with Crippen molar-refractivity contribution in [3.05, 3.63) is 65.9 Å². The maximum absolute atomic E-state index is 13.1. The average molecular weight is 492 g/mol. The number of nitrogens with zero attached hydrogens (tertiary/aromatic N) is 2. The molecule has 11 heteroatoms. The molecule has 5 N–H and O–H groups in total. The second-order valence-corrected chi connectivity index (χ2v) is 8.40. The summed E-state index contributed by atoms with van der Waals surface area (Å²) in [6.45, 7) is 1.09. The molecule has 0 spiro atoms. The molecule has 0 radical (unpaired) electrons. The number of aliphatic carboxylic acids is 1. The van der Waals surface area contributed by atoms with Crippen LogP contribution >= 0.6 is 0 Å². The third-order valence-electron chi connectivity index (χ3n) is 6.02. The van der Waals surface area contributed by atoms with E-state index in [-0.39, 0.29) is 24.6 Å². The van der Waals surface area contributed by atoms with E-state index in [9.17, 15) is 24.0 Å². The number of carboxylic acids is 1. The Kier molecular flexibility index (Phi) is 7.11. The SMILES string of the molecule is NC(CC(=O)O)C(=O)Nc1cccc2c(C(=O)C(=O)N3CCN(C(=O)c4ccccc4)CC3)c[nH]c12. The Morgan fingerprint density at radius 2 is 1.61 bits per heavy atom. The van der Waals surface area contributed by atoms with Gasteiger partial charge in [-0.25, -0.2) is 0 Å². The Morgan fingerprint density at radius 1 is 0.944 bits per heavy atom. The minimum atomic E-state index is -1.25. The maximum atomic E-state index is 13.1. The Morgan fingerprint density at radius 3 is 2.28 bits per heavy atom. The summed E-state index contributed by atoms with van der Waals surface area (Å²) >= 11 is 0. The topological polar surface area (TPSA) is 166 Å². The third kappa shape index (κ3) is 5.10. The normalized spacial score (nSPS) is 14.4. The van der Waals surface area contributed by atoms with Gasteiger partial charge in [-0.1, -0.05) is 30.3 Å². The zero-order chi connectivity index (χ0) is 25.8. The first-order valence-electron chi connectivity index (χ1n) is 11.3. The number of carboxylic acid groups (broad SMARTS) is 1. The molecule has 1 fully saturated rings. The van der Waals surface area contributed by atoms with Crippen molar-refractivity contribution in [3.63, 3.8) is 0 Å². The highest BCUT2D eigenvalue weighted by atomic mass is 16.4. The lowest BCUT2D eigenvalue weighted by Crippen LogP contribution is -2.52. The molecule has 11 nitrogen and oxygen atoms in total. The van der Waals surface area contributed by atoms with E-state index >= 15 is 0 Å². The molecule has 1 atom stereocenters. The lowest BCUT2D eigenvalue weighted by molar-refractivity contribution is -0.138. The number of anilines is 1. The number of Topliss-reactive ketones (excluding diaryl/α,β-unsaturated/α-hetero) is 1. The molecular weight excluding hydrogens is 466 g/mol. The van der Waals surface area contributed by atoms with Crippen molar-refractivity contribution in [1.82, 2.24) is 14.8 Å². The molecule has 1 aromatic heterocycles. The molecule has 2 aromatic carbocycles. The molecule has 2 heterocycles. The first-order valence-corrected chi connectivity index (χ1v) is 11.3. The highest BCUT2D eigenvalue weighted by molar-refractivity contribution is 6.45. The summed E-state index contributed by atoms with van der Waals surface area (Å²) in [4.78, 5) is 67.7. The smallest absolute Gasteiger partial charge is 0.305 e. The van der Waals surface area contributed by atoms with Crippen LogP contribution in [0.2, 0.25) is 0 Å². The van der Waals surface area contributed by atoms with Gasteiger partial charge >= 0.3 is 5.97 Å². The standard InChI is InChI=1S/C25H25N5O6/c26-18(13-20(31)32)23(34)28-19-8-4-7-16-17(14-27-21(16)19)22(33)25(36)30-11-9-29(10-12-30)24(35)15-5-2-1-3-6-15/h1-8,14,18,27H,9-13,26H2,(H,28,34)(H,31,32). The molecular formula is C25H25N5O6. The number of para-hydroxylation sites is 1. The van der Waals surface area contributed by atoms with Gasteiger partial charge in [-0.3, -0.25) is 24.0 Å². The number of carbonyl (C=O) groups excluding carboxylic acids is 4. The van der Waals surface area contributed by atoms with Gasteiger partial charge in [0.15, 0.2) is 0 Å². The molecule has 3 amide bonds. The summed E-state index contributed by atoms with van der Waals surface area (Å²) < 4.78 is 0. The number of ketones is 1. The molecule has 0 saturated carbocycles. The summed E-state index contributed by atoms with van der Waals surface area (Å²) in [5, 5.41) is 11.8. The summed E-state index contributed by atoms with van der Waals surface area (Å²) in [5.41, 5.74) is 7.04. The molecule has 186 valence electrons. The predicted octanol–water partition coefficient (Wildman–Crippen LogP) is 1.08. The number of H-pyrrole nitrogens is 1. The van der Waals surface area contributed by atoms with Gasteiger partial charge < -0.3 is 30.9 Å². The fraction of sp³-hybridized carbons (Fsp3) is 0.240. The first-order chi connectivity index (χ1) is 17.3. The van der Waals surface area contributed by atoms with Crippen molar-refractivity contribution in [2.24, 2.45) is 5.73 Å². The minimum absolute atomic E-state index is 0.122. The van der Waals surface area contributed by atoms with E-state index in [1.165, 1.54) is 11.1 Å². The number of hydrogen-bond donors (Lipinski definition) is 4. The molecule has 1 aliphatic rings. The summed E-state index contributed by atoms with van der Waals surface area (Å²) in [6, 6.07) is 12.4. The molecule has 0 bridgehead atoms. The van der Waals surface area contributed by atoms with E-state index in [0.29, 0.717) is 35.2 Å². The lowest BCUT2D eigenvalue weighted by atomic mass is 10.1. The number of fused-ring (bicyclic) bond motifs is 1. The number of piperazine rings is 1. The van der Waals surface area contributed by atoms with Crippen molar-refractivity contribution in [2.45, 2.75) is 12.5 Å². The molecule has 1 aliphatic heterocycles. The van der Waals surface area contributed by atoms with Gasteiger partial charge in [-0.05, 0) is 18.2 Å². The average Bonchev–Trinajstić information content (AvgIpc) is 3.33. The molecule has 0 aliphatic carbocycles. The van der Waals surface area contributed by atoms with Crippen LogP contribution in [0.4, 0.5) is 5.69 Å². The summed E-state index contributed by atoms with van der Waals surface area (Å²) in [6.07, 6.45) is 0.863. The Bertz CT molecular complexity index is 1330. The first kappa shape index (κ1) is 24.6. The summed E-state index contributed by atoms with van der Waals surface area (Å²) in [5.74, 6) is -3.40. The van der Waals surface area contributed by atoms with E-state index in [4.69, 9.17) is 10.8 Å². The van der Waals surface area contributed by atoms with Gasteiger partial charge in [0.25, 0.3) is 17.6 Å². The molecule has 1 unspecified atom stereocenters. The van der Waals surface area contributed by atoms with Crippen molar-refractivity contribution in [2.75, 3.05) is 31.5 Å². The molecule has 3 aromatic rings. The predicted molar refractivity (Wildman–Crippen MR) is 130 cm³/mol. The molecule has 1 saturated heterocycles. The number of nitrogens with two attached hydrogens (primary N) is 1. The van der Waals surface area contributed by atoms with E-state index in [0.717, 1.165) is 0 Å². The van der Waals surface area contributed by atoms with E-state index in [1.807, 2.05) is 6.07 Å². The Labute approximate surface area is 205 Å². The van der Waals surface area contributed by atoms with Crippen LogP contribution in [0.25, 0.3) is 10.9 Å². The van der Waals surface area contributed by atoms with Gasteiger partial charge in [0, 0.05) is 43.3 Å². The van der Waals surface area contributed by atoms with Crippen molar-refractivity contribution in [1.29, 1.82) is 0 Å². The Balaban J connectivity index is 1.43. The molecule has 36 heavy (non-hydrogen) atoms. The number of aromatic amines is 1. The van der Waals surface area contributed by atoms with Crippen LogP contribution in [0, 0.1) is 0 Å². The number of benzene rings is 2. The number of aromatic nitrogens is 1. The summed E-state index contributed by atoms with van der Waals surface area (Å²) in [7, 11) is 0. The number of rotatable bonds is 7. The Hall–Kier alpha value is -4.51. The van der Waals surface area contributed by atoms with Crippen LogP contribution in [0.5, 0.6) is 0 Å². The highest BCUT2D eigenvalue weighted by Crippen LogP contribution is 2.26. The largest absolute Gasteiger partial charge is 0.481 e. The van der Waals surface area contributed by atoms with Crippen molar-refractivity contribution in [3.8, 4) is 0 Å². The number of carbonyl (C=O) groups is 5. The zero-order valence-electron chi connectivity index (χ0n) is 19.3. The van der Waals surface area contributed by atoms with Crippen LogP contribution in [0.3, 0.4) is 0 Å². The highest BCUT2D eigenvalue weighted by Gasteiger charge is 2.30. The van der Waals surface area contributed by atoms with Gasteiger partial charge in [0.05, 0.1) is 29.2 Å². The van der Waals surface area contributed by atoms with E-state index < -0.39 is 36.0 Å². The lowest BCUT2D eigenvalue weighted by Gasteiger charge is -2.34. The van der Waals surface area contributed by atoms with Crippen molar-refractivity contribution < 1.29 is 29.1 Å². The number of hydrogen-bond acceptors (Lipinski definition) is 6. The third-order valence-corrected chi connectivity index (χ3v) is 6.02.